The van der Waals surface area contributed by atoms with Gasteiger partial charge in [-0.05, 0) is 24.2 Å². The molecular weight excluding hydrogens is 340 g/mol. The Morgan fingerprint density at radius 2 is 1.95 bits per heavy atom. The number of esters is 1. The Labute approximate surface area is 130 Å². The molecule has 0 spiro atoms. The lowest BCUT2D eigenvalue weighted by atomic mass is 10.0. The van der Waals surface area contributed by atoms with Gasteiger partial charge < -0.3 is 13.9 Å². The molecule has 20 heavy (non-hydrogen) atoms. The van der Waals surface area contributed by atoms with E-state index in [2.05, 4.69) is 49.8 Å². The average Bonchev–Trinajstić information content (AvgIpc) is 3.01. The monoisotopic (exact) mass is 362 g/mol. The van der Waals surface area contributed by atoms with Crippen molar-refractivity contribution < 1.29 is 18.7 Å². The lowest BCUT2D eigenvalue weighted by molar-refractivity contribution is -0.145. The zero-order chi connectivity index (χ0) is 15.3. The van der Waals surface area contributed by atoms with Gasteiger partial charge in [0.2, 0.25) is 0 Å². The van der Waals surface area contributed by atoms with Gasteiger partial charge in [0.1, 0.15) is 12.2 Å². The van der Waals surface area contributed by atoms with Gasteiger partial charge in [0.05, 0.1) is 6.10 Å². The van der Waals surface area contributed by atoms with E-state index in [4.69, 9.17) is 13.9 Å². The second-order valence-corrected chi connectivity index (χ2v) is 12.7. The highest BCUT2D eigenvalue weighted by atomic mass is 79.9. The van der Waals surface area contributed by atoms with Crippen molar-refractivity contribution in [3.05, 3.63) is 10.6 Å². The summed E-state index contributed by atoms with van der Waals surface area (Å²) in [6, 6.07) is 0. The molecule has 6 heteroatoms. The Bertz CT molecular complexity index is 441. The van der Waals surface area contributed by atoms with Gasteiger partial charge in [0, 0.05) is 11.4 Å². The van der Waals surface area contributed by atoms with Crippen LogP contribution < -0.4 is 0 Å². The van der Waals surface area contributed by atoms with Gasteiger partial charge in [0.15, 0.2) is 14.4 Å². The fourth-order valence-corrected chi connectivity index (χ4v) is 3.92. The Kier molecular flexibility index (Phi) is 4.24. The van der Waals surface area contributed by atoms with Crippen LogP contribution in [0.2, 0.25) is 18.1 Å². The van der Waals surface area contributed by atoms with E-state index in [1.165, 1.54) is 6.92 Å². The van der Waals surface area contributed by atoms with Crippen LogP contribution >= 0.6 is 15.9 Å². The van der Waals surface area contributed by atoms with Gasteiger partial charge >= 0.3 is 5.97 Å². The van der Waals surface area contributed by atoms with Crippen molar-refractivity contribution >= 4 is 30.2 Å². The lowest BCUT2D eigenvalue weighted by Crippen LogP contribution is -2.46. The van der Waals surface area contributed by atoms with E-state index in [9.17, 15) is 4.79 Å². The summed E-state index contributed by atoms with van der Waals surface area (Å²) in [5, 5.41) is 0.157. The number of epoxide rings is 1. The Morgan fingerprint density at radius 3 is 2.45 bits per heavy atom. The normalized spacial score (nSPS) is 33.2. The fourth-order valence-electron chi connectivity index (χ4n) is 2.07. The molecule has 2 aliphatic rings. The van der Waals surface area contributed by atoms with Crippen molar-refractivity contribution in [2.24, 2.45) is 0 Å². The van der Waals surface area contributed by atoms with Crippen molar-refractivity contribution in [1.82, 2.24) is 0 Å². The maximum absolute atomic E-state index is 11.1. The van der Waals surface area contributed by atoms with E-state index in [0.29, 0.717) is 0 Å². The predicted molar refractivity (Wildman–Crippen MR) is 83.3 cm³/mol. The molecule has 0 amide bonds. The molecular formula is C14H23BrO4Si. The van der Waals surface area contributed by atoms with Gasteiger partial charge in [0.25, 0.3) is 0 Å². The molecule has 0 aromatic rings. The van der Waals surface area contributed by atoms with Crippen LogP contribution in [0.4, 0.5) is 0 Å². The molecule has 0 N–H and O–H groups in total. The van der Waals surface area contributed by atoms with Crippen molar-refractivity contribution in [1.29, 1.82) is 0 Å². The zero-order valence-corrected chi connectivity index (χ0v) is 15.5. The first-order valence-corrected chi connectivity index (χ1v) is 10.6. The number of ether oxygens (including phenoxy) is 2. The molecule has 0 radical (unpaired) electrons. The van der Waals surface area contributed by atoms with Crippen LogP contribution in [-0.4, -0.2) is 38.7 Å². The highest BCUT2D eigenvalue weighted by Crippen LogP contribution is 2.45. The standard InChI is InChI=1S/C14H23BrO4Si/c1-8(16)17-11-9(15)7-10(12-13(11)18-12)19-20(5,6)14(2,3)4/h7,10-13H,1-6H3/t10-,11-,12+,13-/m1/s1. The van der Waals surface area contributed by atoms with E-state index < -0.39 is 8.32 Å². The quantitative estimate of drug-likeness (QED) is 0.438. The van der Waals surface area contributed by atoms with E-state index in [-0.39, 0.29) is 35.4 Å². The summed E-state index contributed by atoms with van der Waals surface area (Å²) in [6.45, 7) is 12.5. The smallest absolute Gasteiger partial charge is 0.303 e. The molecule has 1 saturated heterocycles. The topological polar surface area (TPSA) is 48.1 Å². The summed E-state index contributed by atoms with van der Waals surface area (Å²) in [5.41, 5.74) is 0. The van der Waals surface area contributed by atoms with Crippen LogP contribution in [0.1, 0.15) is 27.7 Å². The third-order valence-corrected chi connectivity index (χ3v) is 9.50. The van der Waals surface area contributed by atoms with E-state index >= 15 is 0 Å². The van der Waals surface area contributed by atoms with Crippen molar-refractivity contribution in [2.45, 2.75) is 70.2 Å². The average molecular weight is 363 g/mol. The molecule has 2 rings (SSSR count). The molecule has 0 unspecified atom stereocenters. The summed E-state index contributed by atoms with van der Waals surface area (Å²) < 4.78 is 18.2. The minimum atomic E-state index is -1.84. The summed E-state index contributed by atoms with van der Waals surface area (Å²) in [6.07, 6.45) is 1.55. The van der Waals surface area contributed by atoms with Crippen LogP contribution in [0.3, 0.4) is 0 Å². The SMILES string of the molecule is CC(=O)O[C@@H]1C(Br)=C[C@@H](O[Si](C)(C)C(C)(C)C)[C@@H]2O[C@@H]21. The van der Waals surface area contributed by atoms with Gasteiger partial charge in [-0.2, -0.15) is 0 Å². The fraction of sp³-hybridized carbons (Fsp3) is 0.786. The third kappa shape index (κ3) is 3.18. The number of carbonyl (C=O) groups is 1. The maximum Gasteiger partial charge on any atom is 0.303 e. The van der Waals surface area contributed by atoms with Crippen molar-refractivity contribution in [3.8, 4) is 0 Å². The first-order chi connectivity index (χ1) is 9.03. The summed E-state index contributed by atoms with van der Waals surface area (Å²) in [7, 11) is -1.84. The van der Waals surface area contributed by atoms with Crippen LogP contribution in [0.5, 0.6) is 0 Å². The predicted octanol–water partition coefficient (Wildman–Crippen LogP) is 3.37. The third-order valence-electron chi connectivity index (χ3n) is 4.31. The maximum atomic E-state index is 11.1. The highest BCUT2D eigenvalue weighted by molar-refractivity contribution is 9.11. The van der Waals surface area contributed by atoms with Crippen molar-refractivity contribution in [3.63, 3.8) is 0 Å². The molecule has 4 nitrogen and oxygen atoms in total. The van der Waals surface area contributed by atoms with E-state index in [0.717, 1.165) is 4.48 Å². The van der Waals surface area contributed by atoms with Gasteiger partial charge in [-0.1, -0.05) is 36.7 Å². The molecule has 1 heterocycles. The Morgan fingerprint density at radius 1 is 1.35 bits per heavy atom. The summed E-state index contributed by atoms with van der Waals surface area (Å²) in [4.78, 5) is 11.1. The number of rotatable bonds is 3. The second-order valence-electron chi connectivity index (χ2n) is 6.99. The first kappa shape index (κ1) is 16.2. The molecule has 0 aromatic carbocycles. The number of hydrogen-bond donors (Lipinski definition) is 0. The molecule has 0 saturated carbocycles. The molecule has 0 bridgehead atoms. The zero-order valence-electron chi connectivity index (χ0n) is 12.9. The molecule has 1 fully saturated rings. The minimum absolute atomic E-state index is 0.00905. The molecule has 4 atom stereocenters. The largest absolute Gasteiger partial charge is 0.454 e. The lowest BCUT2D eigenvalue weighted by Gasteiger charge is -2.39. The number of hydrogen-bond acceptors (Lipinski definition) is 4. The number of halogens is 1. The van der Waals surface area contributed by atoms with Crippen LogP contribution in [0.15, 0.2) is 10.6 Å². The molecule has 114 valence electrons. The summed E-state index contributed by atoms with van der Waals surface area (Å²) in [5.74, 6) is -0.293. The molecule has 1 aliphatic heterocycles. The number of fused-ring (bicyclic) bond motifs is 1. The molecule has 1 aliphatic carbocycles. The second kappa shape index (κ2) is 5.23. The van der Waals surface area contributed by atoms with E-state index in [1.807, 2.05) is 6.08 Å². The number of carbonyl (C=O) groups excluding carboxylic acids is 1. The van der Waals surface area contributed by atoms with Crippen LogP contribution in [0.25, 0.3) is 0 Å². The Hall–Kier alpha value is -0.173. The van der Waals surface area contributed by atoms with Gasteiger partial charge in [-0.3, -0.25) is 4.79 Å². The van der Waals surface area contributed by atoms with Gasteiger partial charge in [-0.15, -0.1) is 0 Å². The van der Waals surface area contributed by atoms with Crippen LogP contribution in [0, 0.1) is 0 Å². The van der Waals surface area contributed by atoms with Crippen molar-refractivity contribution in [2.75, 3.05) is 0 Å². The van der Waals surface area contributed by atoms with Gasteiger partial charge in [-0.25, -0.2) is 0 Å². The molecule has 0 aromatic heterocycles. The summed E-state index contributed by atoms with van der Waals surface area (Å²) >= 11 is 3.49. The van der Waals surface area contributed by atoms with E-state index in [1.54, 1.807) is 0 Å². The van der Waals surface area contributed by atoms with Crippen LogP contribution in [-0.2, 0) is 18.7 Å². The Balaban J connectivity index is 2.10. The minimum Gasteiger partial charge on any atom is -0.454 e. The first-order valence-electron chi connectivity index (χ1n) is 6.90. The highest BCUT2D eigenvalue weighted by Gasteiger charge is 2.56.